The first-order valence-electron chi connectivity index (χ1n) is 7.84. The van der Waals surface area contributed by atoms with Crippen LogP contribution in [0.3, 0.4) is 0 Å². The van der Waals surface area contributed by atoms with Gasteiger partial charge in [-0.3, -0.25) is 9.88 Å². The van der Waals surface area contributed by atoms with E-state index in [0.29, 0.717) is 12.0 Å². The van der Waals surface area contributed by atoms with Crippen molar-refractivity contribution in [2.75, 3.05) is 6.54 Å². The van der Waals surface area contributed by atoms with Gasteiger partial charge < -0.3 is 4.52 Å². The zero-order chi connectivity index (χ0) is 14.7. The van der Waals surface area contributed by atoms with Crippen molar-refractivity contribution in [3.05, 3.63) is 47.6 Å². The summed E-state index contributed by atoms with van der Waals surface area (Å²) >= 11 is 0. The maximum absolute atomic E-state index is 5.50. The van der Waals surface area contributed by atoms with Gasteiger partial charge in [0, 0.05) is 12.3 Å². The molecule has 0 saturated carbocycles. The predicted molar refractivity (Wildman–Crippen MR) is 81.8 cm³/mol. The van der Waals surface area contributed by atoms with E-state index >= 15 is 0 Å². The average molecular weight is 285 g/mol. The first-order valence-corrected chi connectivity index (χ1v) is 7.84. The van der Waals surface area contributed by atoms with Gasteiger partial charge in [0.15, 0.2) is 5.76 Å². The van der Waals surface area contributed by atoms with Gasteiger partial charge in [-0.05, 0) is 37.4 Å². The van der Waals surface area contributed by atoms with Crippen molar-refractivity contribution in [3.8, 4) is 0 Å². The number of rotatable bonds is 4. The second-order valence-corrected chi connectivity index (χ2v) is 6.11. The lowest BCUT2D eigenvalue weighted by molar-refractivity contribution is 0.123. The summed E-state index contributed by atoms with van der Waals surface area (Å²) in [5.74, 6) is 1.37. The molecule has 1 fully saturated rings. The Morgan fingerprint density at radius 3 is 2.95 bits per heavy atom. The smallest absolute Gasteiger partial charge is 0.151 e. The highest BCUT2D eigenvalue weighted by atomic mass is 16.5. The summed E-state index contributed by atoms with van der Waals surface area (Å²) in [5, 5.41) is 4.16. The molecule has 3 rings (SSSR count). The molecule has 0 amide bonds. The monoisotopic (exact) mass is 285 g/mol. The molecule has 0 bridgehead atoms. The van der Waals surface area contributed by atoms with Crippen molar-refractivity contribution in [2.45, 2.75) is 51.6 Å². The molecule has 3 heterocycles. The maximum Gasteiger partial charge on any atom is 0.151 e. The van der Waals surface area contributed by atoms with Gasteiger partial charge in [-0.2, -0.15) is 0 Å². The number of pyridine rings is 1. The van der Waals surface area contributed by atoms with Crippen LogP contribution in [0.15, 0.2) is 35.0 Å². The van der Waals surface area contributed by atoms with Gasteiger partial charge in [0.2, 0.25) is 0 Å². The Labute approximate surface area is 126 Å². The largest absolute Gasteiger partial charge is 0.360 e. The van der Waals surface area contributed by atoms with Crippen LogP contribution in [0.2, 0.25) is 0 Å². The quantitative estimate of drug-likeness (QED) is 0.854. The fraction of sp³-hybridized carbons (Fsp3) is 0.529. The van der Waals surface area contributed by atoms with E-state index in [2.05, 4.69) is 47.1 Å². The zero-order valence-electron chi connectivity index (χ0n) is 12.8. The van der Waals surface area contributed by atoms with E-state index in [1.165, 1.54) is 25.0 Å². The van der Waals surface area contributed by atoms with Crippen LogP contribution < -0.4 is 0 Å². The van der Waals surface area contributed by atoms with E-state index in [-0.39, 0.29) is 0 Å². The van der Waals surface area contributed by atoms with Crippen LogP contribution >= 0.6 is 0 Å². The highest BCUT2D eigenvalue weighted by Crippen LogP contribution is 2.31. The second-order valence-electron chi connectivity index (χ2n) is 6.11. The Balaban J connectivity index is 1.75. The highest BCUT2D eigenvalue weighted by Gasteiger charge is 2.26. The molecule has 1 aliphatic rings. The molecule has 0 spiro atoms. The number of hydrogen-bond donors (Lipinski definition) is 0. The number of nitrogens with zero attached hydrogens (tertiary/aromatic N) is 3. The van der Waals surface area contributed by atoms with Crippen LogP contribution in [0.5, 0.6) is 0 Å². The predicted octanol–water partition coefficient (Wildman–Crippen LogP) is 3.92. The topological polar surface area (TPSA) is 42.2 Å². The van der Waals surface area contributed by atoms with Crippen LogP contribution in [0.1, 0.15) is 62.2 Å². The molecule has 0 unspecified atom stereocenters. The van der Waals surface area contributed by atoms with E-state index < -0.39 is 0 Å². The van der Waals surface area contributed by atoms with Crippen LogP contribution in [0.25, 0.3) is 0 Å². The summed E-state index contributed by atoms with van der Waals surface area (Å²) in [4.78, 5) is 7.01. The van der Waals surface area contributed by atoms with Crippen molar-refractivity contribution < 1.29 is 4.52 Å². The molecule has 0 aromatic carbocycles. The third-order valence-electron chi connectivity index (χ3n) is 4.17. The van der Waals surface area contributed by atoms with Crippen molar-refractivity contribution >= 4 is 0 Å². The van der Waals surface area contributed by atoms with E-state index in [1.807, 2.05) is 12.3 Å². The Morgan fingerprint density at radius 1 is 1.33 bits per heavy atom. The van der Waals surface area contributed by atoms with Crippen LogP contribution in [-0.2, 0) is 6.54 Å². The summed E-state index contributed by atoms with van der Waals surface area (Å²) in [6, 6.07) is 8.66. The molecule has 1 aliphatic heterocycles. The van der Waals surface area contributed by atoms with Gasteiger partial charge in [0.25, 0.3) is 0 Å². The summed E-state index contributed by atoms with van der Waals surface area (Å²) in [6.45, 7) is 6.19. The maximum atomic E-state index is 5.50. The Kier molecular flexibility index (Phi) is 4.34. The van der Waals surface area contributed by atoms with Gasteiger partial charge in [0.05, 0.1) is 24.0 Å². The summed E-state index contributed by atoms with van der Waals surface area (Å²) < 4.78 is 5.50. The minimum Gasteiger partial charge on any atom is -0.360 e. The summed E-state index contributed by atoms with van der Waals surface area (Å²) in [6.07, 6.45) is 5.57. The zero-order valence-corrected chi connectivity index (χ0v) is 12.8. The lowest BCUT2D eigenvalue weighted by atomic mass is 9.98. The van der Waals surface area contributed by atoms with E-state index in [0.717, 1.165) is 24.5 Å². The SMILES string of the molecule is CC(C)c1cc(CN2CCCC[C@@H]2c2ccccn2)on1. The molecular formula is C17H23N3O. The molecule has 21 heavy (non-hydrogen) atoms. The lowest BCUT2D eigenvalue weighted by Gasteiger charge is -2.34. The van der Waals surface area contributed by atoms with Crippen molar-refractivity contribution in [1.29, 1.82) is 0 Å². The normalized spacial score (nSPS) is 20.0. The molecule has 0 aliphatic carbocycles. The van der Waals surface area contributed by atoms with E-state index in [4.69, 9.17) is 4.52 Å². The Morgan fingerprint density at radius 2 is 2.24 bits per heavy atom. The van der Waals surface area contributed by atoms with Crippen molar-refractivity contribution in [2.24, 2.45) is 0 Å². The van der Waals surface area contributed by atoms with E-state index in [1.54, 1.807) is 0 Å². The van der Waals surface area contributed by atoms with Crippen LogP contribution in [0.4, 0.5) is 0 Å². The second kappa shape index (κ2) is 6.39. The van der Waals surface area contributed by atoms with Gasteiger partial charge in [-0.1, -0.05) is 31.5 Å². The minimum absolute atomic E-state index is 0.396. The standard InChI is InChI=1S/C17H23N3O/c1-13(2)16-11-14(21-19-16)12-20-10-6-4-8-17(20)15-7-3-5-9-18-15/h3,5,7,9,11,13,17H,4,6,8,10,12H2,1-2H3/t17-/m1/s1. The Hall–Kier alpha value is -1.68. The molecule has 4 nitrogen and oxygen atoms in total. The lowest BCUT2D eigenvalue weighted by Crippen LogP contribution is -2.33. The fourth-order valence-corrected chi connectivity index (χ4v) is 2.96. The number of aromatic nitrogens is 2. The fourth-order valence-electron chi connectivity index (χ4n) is 2.96. The number of likely N-dealkylation sites (tertiary alicyclic amines) is 1. The number of hydrogen-bond acceptors (Lipinski definition) is 4. The summed E-state index contributed by atoms with van der Waals surface area (Å²) in [7, 11) is 0. The first kappa shape index (κ1) is 14.3. The molecular weight excluding hydrogens is 262 g/mol. The number of piperidine rings is 1. The van der Waals surface area contributed by atoms with Gasteiger partial charge in [-0.25, -0.2) is 0 Å². The van der Waals surface area contributed by atoms with E-state index in [9.17, 15) is 0 Å². The third-order valence-corrected chi connectivity index (χ3v) is 4.17. The van der Waals surface area contributed by atoms with Crippen LogP contribution in [0, 0.1) is 0 Å². The first-order chi connectivity index (χ1) is 10.2. The molecule has 4 heteroatoms. The summed E-state index contributed by atoms with van der Waals surface area (Å²) in [5.41, 5.74) is 2.21. The third kappa shape index (κ3) is 3.32. The van der Waals surface area contributed by atoms with Gasteiger partial charge >= 0.3 is 0 Å². The average Bonchev–Trinajstić information content (AvgIpc) is 2.98. The molecule has 2 aromatic heterocycles. The molecule has 0 N–H and O–H groups in total. The van der Waals surface area contributed by atoms with Crippen molar-refractivity contribution in [3.63, 3.8) is 0 Å². The molecule has 1 atom stereocenters. The highest BCUT2D eigenvalue weighted by molar-refractivity contribution is 5.12. The molecule has 0 radical (unpaired) electrons. The molecule has 1 saturated heterocycles. The minimum atomic E-state index is 0.396. The van der Waals surface area contributed by atoms with Crippen molar-refractivity contribution in [1.82, 2.24) is 15.0 Å². The molecule has 2 aromatic rings. The Bertz CT molecular complexity index is 564. The van der Waals surface area contributed by atoms with Gasteiger partial charge in [-0.15, -0.1) is 0 Å². The van der Waals surface area contributed by atoms with Gasteiger partial charge in [0.1, 0.15) is 0 Å². The molecule has 112 valence electrons. The van der Waals surface area contributed by atoms with Crippen LogP contribution in [-0.4, -0.2) is 21.6 Å².